The SMILES string of the molecule is FC1(F)COC1c1ccc(-c2noc(-c3cc4sc(Br)cc4[nH]3)n2)cc1. The highest BCUT2D eigenvalue weighted by Gasteiger charge is 2.51. The van der Waals surface area contributed by atoms with Gasteiger partial charge < -0.3 is 14.2 Å². The molecule has 4 aromatic rings. The molecule has 0 saturated carbocycles. The van der Waals surface area contributed by atoms with Crippen LogP contribution in [-0.4, -0.2) is 27.7 Å². The van der Waals surface area contributed by atoms with Crippen LogP contribution in [0.2, 0.25) is 0 Å². The summed E-state index contributed by atoms with van der Waals surface area (Å²) in [6.45, 7) is -0.530. The molecule has 5 rings (SSSR count). The number of nitrogens with one attached hydrogen (secondary N) is 1. The lowest BCUT2D eigenvalue weighted by Crippen LogP contribution is -2.44. The van der Waals surface area contributed by atoms with Crippen molar-refractivity contribution in [3.05, 3.63) is 45.7 Å². The molecule has 1 saturated heterocycles. The summed E-state index contributed by atoms with van der Waals surface area (Å²) in [4.78, 5) is 7.62. The smallest absolute Gasteiger partial charge is 0.300 e. The second-order valence-corrected chi connectivity index (χ2v) is 8.47. The van der Waals surface area contributed by atoms with Crippen molar-refractivity contribution in [1.82, 2.24) is 15.1 Å². The van der Waals surface area contributed by atoms with E-state index in [4.69, 9.17) is 9.26 Å². The zero-order valence-electron chi connectivity index (χ0n) is 13.0. The van der Waals surface area contributed by atoms with Crippen LogP contribution in [0.5, 0.6) is 0 Å². The summed E-state index contributed by atoms with van der Waals surface area (Å²) >= 11 is 5.05. The van der Waals surface area contributed by atoms with Crippen LogP contribution in [-0.2, 0) is 4.74 Å². The number of H-pyrrole nitrogens is 1. The molecule has 0 aliphatic carbocycles. The average Bonchev–Trinajstić information content (AvgIpc) is 3.28. The predicted octanol–water partition coefficient (Wildman–Crippen LogP) is 5.42. The summed E-state index contributed by atoms with van der Waals surface area (Å²) < 4.78 is 39.3. The number of nitrogens with zero attached hydrogens (tertiary/aromatic N) is 2. The number of fused-ring (bicyclic) bond motifs is 1. The van der Waals surface area contributed by atoms with Crippen LogP contribution in [0.1, 0.15) is 11.7 Å². The Kier molecular flexibility index (Phi) is 3.53. The number of hydrogen-bond donors (Lipinski definition) is 1. The topological polar surface area (TPSA) is 63.9 Å². The van der Waals surface area contributed by atoms with Gasteiger partial charge in [0, 0.05) is 5.56 Å². The molecular weight excluding hydrogens is 428 g/mol. The van der Waals surface area contributed by atoms with Gasteiger partial charge in [0.05, 0.1) is 14.0 Å². The summed E-state index contributed by atoms with van der Waals surface area (Å²) in [5.41, 5.74) is 2.84. The molecule has 1 fully saturated rings. The average molecular weight is 438 g/mol. The summed E-state index contributed by atoms with van der Waals surface area (Å²) in [5.74, 6) is -2.04. The Hall–Kier alpha value is -2.10. The molecule has 0 bridgehead atoms. The maximum Gasteiger partial charge on any atom is 0.300 e. The Balaban J connectivity index is 1.41. The number of benzene rings is 1. The number of ether oxygens (including phenoxy) is 1. The maximum absolute atomic E-state index is 13.4. The molecule has 5 nitrogen and oxygen atoms in total. The van der Waals surface area contributed by atoms with Crippen LogP contribution in [0.4, 0.5) is 8.78 Å². The van der Waals surface area contributed by atoms with E-state index < -0.39 is 18.6 Å². The van der Waals surface area contributed by atoms with Crippen molar-refractivity contribution < 1.29 is 18.0 Å². The van der Waals surface area contributed by atoms with Crippen molar-refractivity contribution >= 4 is 37.5 Å². The van der Waals surface area contributed by atoms with Gasteiger partial charge in [0.25, 0.3) is 5.89 Å². The van der Waals surface area contributed by atoms with Crippen molar-refractivity contribution in [2.45, 2.75) is 12.0 Å². The molecule has 132 valence electrons. The molecule has 3 aromatic heterocycles. The Morgan fingerprint density at radius 3 is 2.69 bits per heavy atom. The van der Waals surface area contributed by atoms with E-state index in [9.17, 15) is 8.78 Å². The molecule has 1 aromatic carbocycles. The monoisotopic (exact) mass is 437 g/mol. The predicted molar refractivity (Wildman–Crippen MR) is 96.2 cm³/mol. The first-order valence-corrected chi connectivity index (χ1v) is 9.32. The third-order valence-electron chi connectivity index (χ3n) is 4.23. The molecule has 26 heavy (non-hydrogen) atoms. The molecule has 1 N–H and O–H groups in total. The third-order valence-corrected chi connectivity index (χ3v) is 5.81. The number of halogens is 3. The van der Waals surface area contributed by atoms with Gasteiger partial charge in [-0.25, -0.2) is 8.78 Å². The van der Waals surface area contributed by atoms with Crippen LogP contribution in [0.3, 0.4) is 0 Å². The first-order chi connectivity index (χ1) is 12.5. The summed E-state index contributed by atoms with van der Waals surface area (Å²) in [7, 11) is 0. The minimum absolute atomic E-state index is 0.373. The van der Waals surface area contributed by atoms with Gasteiger partial charge in [-0.3, -0.25) is 0 Å². The molecule has 9 heteroatoms. The van der Waals surface area contributed by atoms with E-state index in [-0.39, 0.29) is 0 Å². The third kappa shape index (κ3) is 2.58. The number of rotatable bonds is 3. The van der Waals surface area contributed by atoms with Crippen molar-refractivity contribution in [3.63, 3.8) is 0 Å². The summed E-state index contributed by atoms with van der Waals surface area (Å²) in [5, 5.41) is 3.98. The van der Waals surface area contributed by atoms with Crippen LogP contribution in [0.15, 0.2) is 44.7 Å². The van der Waals surface area contributed by atoms with Gasteiger partial charge in [0.1, 0.15) is 18.4 Å². The van der Waals surface area contributed by atoms with E-state index in [0.717, 1.165) is 19.7 Å². The number of hydrogen-bond acceptors (Lipinski definition) is 5. The van der Waals surface area contributed by atoms with Crippen LogP contribution < -0.4 is 0 Å². The van der Waals surface area contributed by atoms with Gasteiger partial charge in [-0.2, -0.15) is 4.98 Å². The number of thiophene rings is 1. The second-order valence-electron chi connectivity index (χ2n) is 6.01. The fraction of sp³-hybridized carbons (Fsp3) is 0.176. The van der Waals surface area contributed by atoms with Gasteiger partial charge in [-0.1, -0.05) is 29.4 Å². The largest absolute Gasteiger partial charge is 0.361 e. The van der Waals surface area contributed by atoms with Gasteiger partial charge in [0.15, 0.2) is 0 Å². The minimum atomic E-state index is -2.81. The zero-order valence-corrected chi connectivity index (χ0v) is 15.4. The first-order valence-electron chi connectivity index (χ1n) is 7.71. The summed E-state index contributed by atoms with van der Waals surface area (Å²) in [6, 6.07) is 10.5. The fourth-order valence-electron chi connectivity index (χ4n) is 2.90. The van der Waals surface area contributed by atoms with Gasteiger partial charge >= 0.3 is 5.92 Å². The minimum Gasteiger partial charge on any atom is -0.361 e. The Morgan fingerprint density at radius 1 is 1.23 bits per heavy atom. The highest BCUT2D eigenvalue weighted by atomic mass is 79.9. The molecule has 4 heterocycles. The molecule has 0 amide bonds. The van der Waals surface area contributed by atoms with E-state index >= 15 is 0 Å². The lowest BCUT2D eigenvalue weighted by molar-refractivity contribution is -0.268. The molecular formula is C17H10BrF2N3O2S. The quantitative estimate of drug-likeness (QED) is 0.464. The van der Waals surface area contributed by atoms with Gasteiger partial charge in [0.2, 0.25) is 5.82 Å². The van der Waals surface area contributed by atoms with Crippen LogP contribution >= 0.6 is 27.3 Å². The second kappa shape index (κ2) is 5.70. The molecule has 1 unspecified atom stereocenters. The van der Waals surface area contributed by atoms with Gasteiger partial charge in [-0.05, 0) is 33.6 Å². The van der Waals surface area contributed by atoms with Crippen molar-refractivity contribution in [2.75, 3.05) is 6.61 Å². The van der Waals surface area contributed by atoms with Gasteiger partial charge in [-0.15, -0.1) is 11.3 Å². The maximum atomic E-state index is 13.4. The van der Waals surface area contributed by atoms with E-state index in [2.05, 4.69) is 31.1 Å². The lowest BCUT2D eigenvalue weighted by atomic mass is 9.98. The Labute approximate surface area is 158 Å². The van der Waals surface area contributed by atoms with E-state index in [1.54, 1.807) is 35.6 Å². The normalized spacial score (nSPS) is 19.0. The highest BCUT2D eigenvalue weighted by molar-refractivity contribution is 9.11. The highest BCUT2D eigenvalue weighted by Crippen LogP contribution is 2.43. The van der Waals surface area contributed by atoms with Crippen molar-refractivity contribution in [3.8, 4) is 23.0 Å². The molecule has 1 atom stereocenters. The molecule has 1 aliphatic heterocycles. The van der Waals surface area contributed by atoms with E-state index in [1.807, 2.05) is 12.1 Å². The molecule has 1 aliphatic rings. The lowest BCUT2D eigenvalue weighted by Gasteiger charge is -2.36. The Bertz CT molecular complexity index is 1070. The van der Waals surface area contributed by atoms with E-state index in [0.29, 0.717) is 22.8 Å². The van der Waals surface area contributed by atoms with Crippen LogP contribution in [0, 0.1) is 0 Å². The summed E-state index contributed by atoms with van der Waals surface area (Å²) in [6.07, 6.45) is -1.18. The molecule has 0 spiro atoms. The number of alkyl halides is 2. The number of aromatic amines is 1. The van der Waals surface area contributed by atoms with Crippen molar-refractivity contribution in [2.24, 2.45) is 0 Å². The van der Waals surface area contributed by atoms with Crippen molar-refractivity contribution in [1.29, 1.82) is 0 Å². The molecule has 0 radical (unpaired) electrons. The first kappa shape index (κ1) is 16.1. The fourth-order valence-corrected chi connectivity index (χ4v) is 4.43. The Morgan fingerprint density at radius 2 is 2.04 bits per heavy atom. The zero-order chi connectivity index (χ0) is 17.9. The van der Waals surface area contributed by atoms with Crippen LogP contribution in [0.25, 0.3) is 33.2 Å². The number of aromatic nitrogens is 3. The standard InChI is InChI=1S/C17H10BrF2N3O2S/c18-13-6-10-12(26-13)5-11(21-10)16-22-15(23-25-16)9-3-1-8(2-4-9)14-17(19,20)7-24-14/h1-6,14,21H,7H2. The van der Waals surface area contributed by atoms with E-state index in [1.165, 1.54) is 0 Å².